The third kappa shape index (κ3) is 1.72. The van der Waals surface area contributed by atoms with Crippen LogP contribution >= 0.6 is 0 Å². The molecule has 0 saturated carbocycles. The molecule has 2 heterocycles. The third-order valence-electron chi connectivity index (χ3n) is 2.31. The molecule has 0 aliphatic carbocycles. The van der Waals surface area contributed by atoms with Gasteiger partial charge in [0.05, 0.1) is 24.1 Å². The summed E-state index contributed by atoms with van der Waals surface area (Å²) in [5.41, 5.74) is 0.819. The number of aromatic carboxylic acids is 1. The van der Waals surface area contributed by atoms with E-state index >= 15 is 0 Å². The number of hydrogen-bond donors (Lipinski definition) is 2. The van der Waals surface area contributed by atoms with Crippen molar-refractivity contribution in [2.24, 2.45) is 0 Å². The van der Waals surface area contributed by atoms with Gasteiger partial charge in [0, 0.05) is 0 Å². The summed E-state index contributed by atoms with van der Waals surface area (Å²) in [4.78, 5) is 18.4. The maximum atomic E-state index is 10.5. The Morgan fingerprint density at radius 1 is 1.50 bits per heavy atom. The molecule has 1 aromatic rings. The predicted molar refractivity (Wildman–Crippen MR) is 49.0 cm³/mol. The Morgan fingerprint density at radius 2 is 2.36 bits per heavy atom. The zero-order valence-corrected chi connectivity index (χ0v) is 7.60. The zero-order valence-electron chi connectivity index (χ0n) is 7.60. The van der Waals surface area contributed by atoms with E-state index in [-0.39, 0.29) is 11.7 Å². The molecule has 0 aromatic carbocycles. The van der Waals surface area contributed by atoms with Crippen LogP contribution in [0.25, 0.3) is 0 Å². The molecule has 2 N–H and O–H groups in total. The number of carbonyl (C=O) groups is 1. The summed E-state index contributed by atoms with van der Waals surface area (Å²) in [6.45, 7) is 0.993. The Kier molecular flexibility index (Phi) is 2.41. The fourth-order valence-corrected chi connectivity index (χ4v) is 1.57. The SMILES string of the molecule is O=C(O)c1cnc(C2CCCN2)cn1. The molecule has 5 nitrogen and oxygen atoms in total. The molecule has 0 spiro atoms. The maximum Gasteiger partial charge on any atom is 0.356 e. The minimum Gasteiger partial charge on any atom is -0.476 e. The van der Waals surface area contributed by atoms with Crippen molar-refractivity contribution in [2.45, 2.75) is 18.9 Å². The van der Waals surface area contributed by atoms with E-state index in [0.29, 0.717) is 0 Å². The van der Waals surface area contributed by atoms with Gasteiger partial charge in [0.25, 0.3) is 0 Å². The number of nitrogens with zero attached hydrogens (tertiary/aromatic N) is 2. The van der Waals surface area contributed by atoms with Crippen LogP contribution in [0.5, 0.6) is 0 Å². The predicted octanol–water partition coefficient (Wildman–Crippen LogP) is 0.599. The molecule has 74 valence electrons. The van der Waals surface area contributed by atoms with Crippen molar-refractivity contribution in [3.05, 3.63) is 23.8 Å². The van der Waals surface area contributed by atoms with E-state index in [2.05, 4.69) is 15.3 Å². The second-order valence-electron chi connectivity index (χ2n) is 3.28. The Labute approximate surface area is 81.2 Å². The molecule has 2 rings (SSSR count). The first-order valence-electron chi connectivity index (χ1n) is 4.56. The molecule has 1 fully saturated rings. The minimum absolute atomic E-state index is 0.00764. The highest BCUT2D eigenvalue weighted by Crippen LogP contribution is 2.19. The lowest BCUT2D eigenvalue weighted by atomic mass is 10.2. The van der Waals surface area contributed by atoms with Crippen LogP contribution in [-0.4, -0.2) is 27.6 Å². The number of nitrogens with one attached hydrogen (secondary N) is 1. The average molecular weight is 193 g/mol. The van der Waals surface area contributed by atoms with Gasteiger partial charge in [0.15, 0.2) is 5.69 Å². The van der Waals surface area contributed by atoms with Gasteiger partial charge in [-0.25, -0.2) is 9.78 Å². The van der Waals surface area contributed by atoms with E-state index in [0.717, 1.165) is 25.1 Å². The van der Waals surface area contributed by atoms with Crippen LogP contribution in [0.4, 0.5) is 0 Å². The molecule has 1 atom stereocenters. The van der Waals surface area contributed by atoms with Crippen molar-refractivity contribution in [3.63, 3.8) is 0 Å². The molecule has 0 amide bonds. The molecule has 1 aliphatic heterocycles. The molecule has 0 bridgehead atoms. The first-order chi connectivity index (χ1) is 6.77. The van der Waals surface area contributed by atoms with Crippen molar-refractivity contribution < 1.29 is 9.90 Å². The lowest BCUT2D eigenvalue weighted by Crippen LogP contribution is -2.15. The number of hydrogen-bond acceptors (Lipinski definition) is 4. The van der Waals surface area contributed by atoms with Crippen molar-refractivity contribution in [3.8, 4) is 0 Å². The summed E-state index contributed by atoms with van der Waals surface area (Å²) in [6, 6.07) is 0.241. The highest BCUT2D eigenvalue weighted by Gasteiger charge is 2.18. The smallest absolute Gasteiger partial charge is 0.356 e. The van der Waals surface area contributed by atoms with E-state index < -0.39 is 5.97 Å². The highest BCUT2D eigenvalue weighted by molar-refractivity contribution is 5.84. The molecule has 1 unspecified atom stereocenters. The van der Waals surface area contributed by atoms with Crippen LogP contribution in [0.15, 0.2) is 12.4 Å². The number of carboxylic acids is 1. The largest absolute Gasteiger partial charge is 0.476 e. The molecule has 0 radical (unpaired) electrons. The van der Waals surface area contributed by atoms with Gasteiger partial charge in [-0.05, 0) is 19.4 Å². The number of rotatable bonds is 2. The van der Waals surface area contributed by atoms with Gasteiger partial charge in [-0.15, -0.1) is 0 Å². The third-order valence-corrected chi connectivity index (χ3v) is 2.31. The molecule has 1 aromatic heterocycles. The molecular weight excluding hydrogens is 182 g/mol. The lowest BCUT2D eigenvalue weighted by molar-refractivity contribution is 0.0690. The van der Waals surface area contributed by atoms with Gasteiger partial charge in [0.2, 0.25) is 0 Å². The monoisotopic (exact) mass is 193 g/mol. The summed E-state index contributed by atoms with van der Waals surface area (Å²) in [5, 5.41) is 11.9. The van der Waals surface area contributed by atoms with Crippen LogP contribution in [0, 0.1) is 0 Å². The summed E-state index contributed by atoms with van der Waals surface area (Å²) in [5.74, 6) is -1.04. The van der Waals surface area contributed by atoms with Gasteiger partial charge in [0.1, 0.15) is 0 Å². The quantitative estimate of drug-likeness (QED) is 0.719. The fourth-order valence-electron chi connectivity index (χ4n) is 1.57. The first kappa shape index (κ1) is 9.08. The second kappa shape index (κ2) is 3.71. The maximum absolute atomic E-state index is 10.5. The highest BCUT2D eigenvalue weighted by atomic mass is 16.4. The van der Waals surface area contributed by atoms with E-state index in [1.54, 1.807) is 0 Å². The molecule has 1 saturated heterocycles. The van der Waals surface area contributed by atoms with Gasteiger partial charge in [-0.2, -0.15) is 0 Å². The van der Waals surface area contributed by atoms with E-state index in [4.69, 9.17) is 5.11 Å². The van der Waals surface area contributed by atoms with E-state index in [1.165, 1.54) is 12.4 Å². The summed E-state index contributed by atoms with van der Waals surface area (Å²) >= 11 is 0. The van der Waals surface area contributed by atoms with Crippen LogP contribution in [0.1, 0.15) is 35.1 Å². The summed E-state index contributed by atoms with van der Waals surface area (Å²) < 4.78 is 0. The Bertz CT molecular complexity index is 330. The van der Waals surface area contributed by atoms with Crippen molar-refractivity contribution in [2.75, 3.05) is 6.54 Å². The number of aromatic nitrogens is 2. The van der Waals surface area contributed by atoms with Crippen LogP contribution in [0.3, 0.4) is 0 Å². The molecule has 5 heteroatoms. The van der Waals surface area contributed by atoms with Crippen LogP contribution in [-0.2, 0) is 0 Å². The van der Waals surface area contributed by atoms with Crippen molar-refractivity contribution in [1.82, 2.24) is 15.3 Å². The Morgan fingerprint density at radius 3 is 2.86 bits per heavy atom. The van der Waals surface area contributed by atoms with Crippen molar-refractivity contribution >= 4 is 5.97 Å². The molecule has 1 aliphatic rings. The standard InChI is InChI=1S/C9H11N3O2/c13-9(14)8-5-11-7(4-12-8)6-2-1-3-10-6/h4-6,10H,1-3H2,(H,13,14). The summed E-state index contributed by atoms with van der Waals surface area (Å²) in [7, 11) is 0. The zero-order chi connectivity index (χ0) is 9.97. The lowest BCUT2D eigenvalue weighted by Gasteiger charge is -2.07. The van der Waals surface area contributed by atoms with E-state index in [9.17, 15) is 4.79 Å². The normalized spacial score (nSPS) is 21.0. The van der Waals surface area contributed by atoms with Gasteiger partial charge >= 0.3 is 5.97 Å². The van der Waals surface area contributed by atoms with Crippen LogP contribution in [0.2, 0.25) is 0 Å². The average Bonchev–Trinajstić information content (AvgIpc) is 2.71. The Balaban J connectivity index is 2.16. The topological polar surface area (TPSA) is 75.1 Å². The van der Waals surface area contributed by atoms with Crippen LogP contribution < -0.4 is 5.32 Å². The summed E-state index contributed by atoms with van der Waals surface area (Å²) in [6.07, 6.45) is 5.01. The Hall–Kier alpha value is -1.49. The molecule has 14 heavy (non-hydrogen) atoms. The second-order valence-corrected chi connectivity index (χ2v) is 3.28. The van der Waals surface area contributed by atoms with Crippen molar-refractivity contribution in [1.29, 1.82) is 0 Å². The fraction of sp³-hybridized carbons (Fsp3) is 0.444. The van der Waals surface area contributed by atoms with Gasteiger partial charge < -0.3 is 10.4 Å². The van der Waals surface area contributed by atoms with Gasteiger partial charge in [-0.1, -0.05) is 0 Å². The molecular formula is C9H11N3O2. The number of carboxylic acid groups (broad SMARTS) is 1. The first-order valence-corrected chi connectivity index (χ1v) is 4.56. The van der Waals surface area contributed by atoms with E-state index in [1.807, 2.05) is 0 Å². The van der Waals surface area contributed by atoms with Gasteiger partial charge in [-0.3, -0.25) is 4.98 Å². The minimum atomic E-state index is -1.04.